The minimum absolute atomic E-state index is 0.725. The van der Waals surface area contributed by atoms with Gasteiger partial charge >= 0.3 is 0 Å². The van der Waals surface area contributed by atoms with Gasteiger partial charge in [-0.3, -0.25) is 0 Å². The Labute approximate surface area is 106 Å². The standard InChI is InChI=1S/C15H28N2/c1-13(2)17-9-8-15(12-17)11-16-10-14-6-4-3-5-7-14/h3-4,13-16H,5-12H2,1-2H3. The summed E-state index contributed by atoms with van der Waals surface area (Å²) in [7, 11) is 0. The van der Waals surface area contributed by atoms with E-state index in [0.717, 1.165) is 17.9 Å². The highest BCUT2D eigenvalue weighted by molar-refractivity contribution is 4.90. The molecule has 0 aromatic rings. The minimum atomic E-state index is 0.725. The van der Waals surface area contributed by atoms with E-state index in [2.05, 4.69) is 36.2 Å². The van der Waals surface area contributed by atoms with Crippen molar-refractivity contribution < 1.29 is 0 Å². The van der Waals surface area contributed by atoms with Crippen LogP contribution in [0, 0.1) is 11.8 Å². The first-order valence-corrected chi connectivity index (χ1v) is 7.35. The lowest BCUT2D eigenvalue weighted by Crippen LogP contribution is -2.32. The van der Waals surface area contributed by atoms with E-state index in [1.54, 1.807) is 0 Å². The summed E-state index contributed by atoms with van der Waals surface area (Å²) in [6, 6.07) is 0.725. The van der Waals surface area contributed by atoms with Crippen molar-refractivity contribution in [1.29, 1.82) is 0 Å². The summed E-state index contributed by atoms with van der Waals surface area (Å²) < 4.78 is 0. The first kappa shape index (κ1) is 13.1. The first-order chi connectivity index (χ1) is 8.25. The van der Waals surface area contributed by atoms with Gasteiger partial charge in [-0.1, -0.05) is 12.2 Å². The lowest BCUT2D eigenvalue weighted by Gasteiger charge is -2.21. The summed E-state index contributed by atoms with van der Waals surface area (Å²) in [6.45, 7) is 9.67. The summed E-state index contributed by atoms with van der Waals surface area (Å²) in [5.74, 6) is 1.78. The minimum Gasteiger partial charge on any atom is -0.316 e. The predicted molar refractivity (Wildman–Crippen MR) is 74.2 cm³/mol. The van der Waals surface area contributed by atoms with Gasteiger partial charge in [-0.2, -0.15) is 0 Å². The van der Waals surface area contributed by atoms with Gasteiger partial charge in [-0.05, 0) is 71.0 Å². The van der Waals surface area contributed by atoms with E-state index >= 15 is 0 Å². The molecule has 2 nitrogen and oxygen atoms in total. The Morgan fingerprint density at radius 1 is 1.18 bits per heavy atom. The van der Waals surface area contributed by atoms with Gasteiger partial charge in [0.1, 0.15) is 0 Å². The molecular weight excluding hydrogens is 208 g/mol. The van der Waals surface area contributed by atoms with Crippen molar-refractivity contribution in [3.63, 3.8) is 0 Å². The zero-order valence-electron chi connectivity index (χ0n) is 11.5. The van der Waals surface area contributed by atoms with Gasteiger partial charge in [0.25, 0.3) is 0 Å². The monoisotopic (exact) mass is 236 g/mol. The topological polar surface area (TPSA) is 15.3 Å². The maximum absolute atomic E-state index is 3.70. The third-order valence-corrected chi connectivity index (χ3v) is 4.29. The van der Waals surface area contributed by atoms with E-state index in [9.17, 15) is 0 Å². The summed E-state index contributed by atoms with van der Waals surface area (Å²) in [6.07, 6.45) is 10.0. The molecule has 2 atom stereocenters. The molecule has 0 bridgehead atoms. The number of rotatable bonds is 5. The Bertz CT molecular complexity index is 247. The molecule has 0 saturated carbocycles. The second kappa shape index (κ2) is 6.55. The van der Waals surface area contributed by atoms with Crippen LogP contribution >= 0.6 is 0 Å². The fourth-order valence-electron chi connectivity index (χ4n) is 3.03. The second-order valence-electron chi connectivity index (χ2n) is 6.05. The number of hydrogen-bond acceptors (Lipinski definition) is 2. The van der Waals surface area contributed by atoms with Crippen LogP contribution < -0.4 is 5.32 Å². The number of likely N-dealkylation sites (tertiary alicyclic amines) is 1. The first-order valence-electron chi connectivity index (χ1n) is 7.35. The smallest absolute Gasteiger partial charge is 0.00387 e. The highest BCUT2D eigenvalue weighted by Crippen LogP contribution is 2.19. The van der Waals surface area contributed by atoms with Crippen molar-refractivity contribution >= 4 is 0 Å². The molecule has 0 amide bonds. The van der Waals surface area contributed by atoms with Crippen LogP contribution in [0.5, 0.6) is 0 Å². The molecule has 2 unspecified atom stereocenters. The molecule has 1 aliphatic heterocycles. The summed E-state index contributed by atoms with van der Waals surface area (Å²) in [5.41, 5.74) is 0. The summed E-state index contributed by atoms with van der Waals surface area (Å²) in [5, 5.41) is 3.70. The lowest BCUT2D eigenvalue weighted by atomic mass is 9.94. The normalized spacial score (nSPS) is 30.3. The largest absolute Gasteiger partial charge is 0.316 e. The van der Waals surface area contributed by atoms with E-state index in [1.807, 2.05) is 0 Å². The Hall–Kier alpha value is -0.340. The lowest BCUT2D eigenvalue weighted by molar-refractivity contribution is 0.263. The fraction of sp³-hybridized carbons (Fsp3) is 0.867. The SMILES string of the molecule is CC(C)N1CCC(CNCC2CC=CCC2)C1. The van der Waals surface area contributed by atoms with Crippen LogP contribution in [0.4, 0.5) is 0 Å². The zero-order chi connectivity index (χ0) is 12.1. The molecular formula is C15H28N2. The Morgan fingerprint density at radius 3 is 2.65 bits per heavy atom. The molecule has 1 saturated heterocycles. The van der Waals surface area contributed by atoms with Crippen molar-refractivity contribution in [2.45, 2.75) is 45.6 Å². The average molecular weight is 236 g/mol. The van der Waals surface area contributed by atoms with Crippen LogP contribution in [-0.4, -0.2) is 37.1 Å². The van der Waals surface area contributed by atoms with Crippen LogP contribution in [0.25, 0.3) is 0 Å². The molecule has 1 aliphatic carbocycles. The third kappa shape index (κ3) is 4.11. The van der Waals surface area contributed by atoms with E-state index in [1.165, 1.54) is 51.9 Å². The Balaban J connectivity index is 1.58. The summed E-state index contributed by atoms with van der Waals surface area (Å²) in [4.78, 5) is 2.61. The van der Waals surface area contributed by atoms with Gasteiger partial charge in [-0.15, -0.1) is 0 Å². The van der Waals surface area contributed by atoms with Gasteiger partial charge in [0.2, 0.25) is 0 Å². The molecule has 0 aromatic carbocycles. The molecule has 17 heavy (non-hydrogen) atoms. The third-order valence-electron chi connectivity index (χ3n) is 4.29. The number of nitrogens with zero attached hydrogens (tertiary/aromatic N) is 1. The van der Waals surface area contributed by atoms with Gasteiger partial charge in [0, 0.05) is 12.6 Å². The van der Waals surface area contributed by atoms with Crippen molar-refractivity contribution in [2.75, 3.05) is 26.2 Å². The quantitative estimate of drug-likeness (QED) is 0.738. The van der Waals surface area contributed by atoms with Crippen molar-refractivity contribution in [3.05, 3.63) is 12.2 Å². The number of allylic oxidation sites excluding steroid dienone is 2. The van der Waals surface area contributed by atoms with Crippen molar-refractivity contribution in [1.82, 2.24) is 10.2 Å². The molecule has 0 radical (unpaired) electrons. The van der Waals surface area contributed by atoms with E-state index in [4.69, 9.17) is 0 Å². The molecule has 98 valence electrons. The van der Waals surface area contributed by atoms with Crippen LogP contribution in [0.3, 0.4) is 0 Å². The van der Waals surface area contributed by atoms with Gasteiger partial charge in [-0.25, -0.2) is 0 Å². The molecule has 1 heterocycles. The van der Waals surface area contributed by atoms with Crippen molar-refractivity contribution in [3.8, 4) is 0 Å². The Morgan fingerprint density at radius 2 is 2.00 bits per heavy atom. The molecule has 1 N–H and O–H groups in total. The Kier molecular flexibility index (Phi) is 5.05. The fourth-order valence-corrected chi connectivity index (χ4v) is 3.03. The van der Waals surface area contributed by atoms with Gasteiger partial charge < -0.3 is 10.2 Å². The molecule has 0 aromatic heterocycles. The molecule has 1 fully saturated rings. The second-order valence-corrected chi connectivity index (χ2v) is 6.05. The van der Waals surface area contributed by atoms with E-state index < -0.39 is 0 Å². The van der Waals surface area contributed by atoms with Crippen LogP contribution in [0.1, 0.15) is 39.5 Å². The van der Waals surface area contributed by atoms with Crippen LogP contribution in [0.15, 0.2) is 12.2 Å². The van der Waals surface area contributed by atoms with E-state index in [-0.39, 0.29) is 0 Å². The van der Waals surface area contributed by atoms with Crippen molar-refractivity contribution in [2.24, 2.45) is 11.8 Å². The number of nitrogens with one attached hydrogen (secondary N) is 1. The predicted octanol–water partition coefficient (Wildman–Crippen LogP) is 2.66. The van der Waals surface area contributed by atoms with Gasteiger partial charge in [0.15, 0.2) is 0 Å². The number of hydrogen-bond donors (Lipinski definition) is 1. The molecule has 0 spiro atoms. The highest BCUT2D eigenvalue weighted by atomic mass is 15.2. The average Bonchev–Trinajstić information content (AvgIpc) is 2.79. The maximum atomic E-state index is 3.70. The van der Waals surface area contributed by atoms with Crippen LogP contribution in [0.2, 0.25) is 0 Å². The molecule has 2 heteroatoms. The molecule has 2 rings (SSSR count). The van der Waals surface area contributed by atoms with E-state index in [0.29, 0.717) is 0 Å². The maximum Gasteiger partial charge on any atom is 0.00387 e. The van der Waals surface area contributed by atoms with Gasteiger partial charge in [0.05, 0.1) is 0 Å². The highest BCUT2D eigenvalue weighted by Gasteiger charge is 2.23. The summed E-state index contributed by atoms with van der Waals surface area (Å²) >= 11 is 0. The molecule has 2 aliphatic rings. The zero-order valence-corrected chi connectivity index (χ0v) is 11.5. The van der Waals surface area contributed by atoms with Crippen LogP contribution in [-0.2, 0) is 0 Å².